The molecule has 25 heavy (non-hydrogen) atoms. The van der Waals surface area contributed by atoms with Gasteiger partial charge in [0.15, 0.2) is 0 Å². The van der Waals surface area contributed by atoms with Gasteiger partial charge in [-0.25, -0.2) is 4.39 Å². The summed E-state index contributed by atoms with van der Waals surface area (Å²) < 4.78 is 52.9. The summed E-state index contributed by atoms with van der Waals surface area (Å²) >= 11 is 0. The van der Waals surface area contributed by atoms with E-state index in [-0.39, 0.29) is 12.8 Å². The number of β-amino-alcohol motifs (C(OH)–C–C–N with tert-alkyl or cyclic N) is 1. The van der Waals surface area contributed by atoms with E-state index in [0.717, 1.165) is 16.9 Å². The van der Waals surface area contributed by atoms with Crippen LogP contribution in [0.5, 0.6) is 0 Å². The highest BCUT2D eigenvalue weighted by Gasteiger charge is 2.45. The van der Waals surface area contributed by atoms with Crippen molar-refractivity contribution in [1.82, 2.24) is 0 Å². The lowest BCUT2D eigenvalue weighted by molar-refractivity contribution is -0.187. The average Bonchev–Trinajstić information content (AvgIpc) is 2.86. The van der Waals surface area contributed by atoms with E-state index in [1.165, 1.54) is 0 Å². The van der Waals surface area contributed by atoms with Crippen molar-refractivity contribution in [2.75, 3.05) is 23.4 Å². The van der Waals surface area contributed by atoms with Crippen LogP contribution in [0.25, 0.3) is 0 Å². The van der Waals surface area contributed by atoms with Crippen LogP contribution >= 0.6 is 0 Å². The van der Waals surface area contributed by atoms with Crippen LogP contribution in [0.1, 0.15) is 44.6 Å². The number of fused-ring (bicyclic) bond motifs is 1. The van der Waals surface area contributed by atoms with Crippen molar-refractivity contribution >= 4 is 11.4 Å². The molecule has 1 saturated carbocycles. The Labute approximate surface area is 145 Å². The maximum Gasteiger partial charge on any atom is 0.391 e. The molecule has 1 aromatic carbocycles. The Bertz CT molecular complexity index is 626. The van der Waals surface area contributed by atoms with Gasteiger partial charge in [-0.1, -0.05) is 6.07 Å². The molecule has 1 aromatic rings. The summed E-state index contributed by atoms with van der Waals surface area (Å²) in [6.07, 6.45) is -6.10. The predicted octanol–water partition coefficient (Wildman–Crippen LogP) is 4.43. The van der Waals surface area contributed by atoms with Crippen molar-refractivity contribution < 1.29 is 22.7 Å². The number of alkyl halides is 4. The zero-order chi connectivity index (χ0) is 18.4. The third-order valence-electron chi connectivity index (χ3n) is 5.06. The molecule has 1 aliphatic heterocycles. The summed E-state index contributed by atoms with van der Waals surface area (Å²) in [4.78, 5) is 1.97. The van der Waals surface area contributed by atoms with Crippen LogP contribution in [0.4, 0.5) is 28.9 Å². The Kier molecular flexibility index (Phi) is 4.64. The predicted molar refractivity (Wildman–Crippen MR) is 89.6 cm³/mol. The number of anilines is 2. The summed E-state index contributed by atoms with van der Waals surface area (Å²) in [6.45, 7) is 4.38. The van der Waals surface area contributed by atoms with Gasteiger partial charge >= 0.3 is 6.18 Å². The standard InChI is InChI=1S/C18H24F4N2O/c1-17(2,25)9-24-10-23-15-6-3-11(7-16(15)24)13-5-4-12(8-14(13)19)18(20,21)22/h3,6-7,12-14,23,25H,4-5,8-10H2,1-2H3. The molecule has 7 heteroatoms. The Morgan fingerprint density at radius 1 is 1.24 bits per heavy atom. The topological polar surface area (TPSA) is 35.5 Å². The summed E-state index contributed by atoms with van der Waals surface area (Å²) in [5.41, 5.74) is 1.61. The summed E-state index contributed by atoms with van der Waals surface area (Å²) in [7, 11) is 0. The van der Waals surface area contributed by atoms with E-state index >= 15 is 0 Å². The molecule has 0 aromatic heterocycles. The van der Waals surface area contributed by atoms with Crippen LogP contribution in [-0.4, -0.2) is 36.3 Å². The molecule has 2 aliphatic rings. The fourth-order valence-electron chi connectivity index (χ4n) is 3.85. The molecule has 140 valence electrons. The number of nitrogens with zero attached hydrogens (tertiary/aromatic N) is 1. The van der Waals surface area contributed by atoms with E-state index in [1.807, 2.05) is 17.0 Å². The van der Waals surface area contributed by atoms with Crippen LogP contribution in [0.3, 0.4) is 0 Å². The van der Waals surface area contributed by atoms with Crippen molar-refractivity contribution in [2.24, 2.45) is 5.92 Å². The molecule has 1 fully saturated rings. The lowest BCUT2D eigenvalue weighted by atomic mass is 9.77. The van der Waals surface area contributed by atoms with Gasteiger partial charge < -0.3 is 15.3 Å². The molecule has 0 saturated heterocycles. The molecule has 2 N–H and O–H groups in total. The van der Waals surface area contributed by atoms with E-state index < -0.39 is 36.2 Å². The highest BCUT2D eigenvalue weighted by atomic mass is 19.4. The summed E-state index contributed by atoms with van der Waals surface area (Å²) in [5.74, 6) is -2.05. The van der Waals surface area contributed by atoms with Gasteiger partial charge in [-0.3, -0.25) is 0 Å². The highest BCUT2D eigenvalue weighted by Crippen LogP contribution is 2.45. The quantitative estimate of drug-likeness (QED) is 0.783. The van der Waals surface area contributed by atoms with E-state index in [2.05, 4.69) is 5.32 Å². The highest BCUT2D eigenvalue weighted by molar-refractivity contribution is 5.75. The van der Waals surface area contributed by atoms with Gasteiger partial charge in [-0.05, 0) is 50.8 Å². The normalized spacial score (nSPS) is 27.2. The summed E-state index contributed by atoms with van der Waals surface area (Å²) in [5, 5.41) is 13.2. The molecule has 1 heterocycles. The average molecular weight is 360 g/mol. The first kappa shape index (κ1) is 18.3. The monoisotopic (exact) mass is 360 g/mol. The van der Waals surface area contributed by atoms with Crippen LogP contribution in [0.2, 0.25) is 0 Å². The van der Waals surface area contributed by atoms with E-state index in [1.54, 1.807) is 19.9 Å². The van der Waals surface area contributed by atoms with E-state index in [0.29, 0.717) is 13.2 Å². The zero-order valence-electron chi connectivity index (χ0n) is 14.4. The third kappa shape index (κ3) is 4.02. The minimum atomic E-state index is -4.32. The lowest BCUT2D eigenvalue weighted by Crippen LogP contribution is -2.38. The van der Waals surface area contributed by atoms with Crippen molar-refractivity contribution in [3.05, 3.63) is 23.8 Å². The zero-order valence-corrected chi connectivity index (χ0v) is 14.4. The molecular weight excluding hydrogens is 336 g/mol. The summed E-state index contributed by atoms with van der Waals surface area (Å²) in [6, 6.07) is 5.49. The Hall–Kier alpha value is -1.50. The third-order valence-corrected chi connectivity index (χ3v) is 5.06. The number of nitrogens with one attached hydrogen (secondary N) is 1. The maximum absolute atomic E-state index is 14.5. The fraction of sp³-hybridized carbons (Fsp3) is 0.667. The lowest BCUT2D eigenvalue weighted by Gasteiger charge is -2.33. The largest absolute Gasteiger partial charge is 0.391 e. The number of hydrogen-bond donors (Lipinski definition) is 2. The first-order valence-electron chi connectivity index (χ1n) is 8.60. The molecule has 0 bridgehead atoms. The molecule has 3 unspecified atom stereocenters. The van der Waals surface area contributed by atoms with Crippen LogP contribution in [0.15, 0.2) is 18.2 Å². The van der Waals surface area contributed by atoms with Crippen LogP contribution in [-0.2, 0) is 0 Å². The minimum Gasteiger partial charge on any atom is -0.389 e. The van der Waals surface area contributed by atoms with Gasteiger partial charge in [0.05, 0.1) is 29.6 Å². The number of aliphatic hydroxyl groups is 1. The van der Waals surface area contributed by atoms with Crippen molar-refractivity contribution in [3.63, 3.8) is 0 Å². The number of rotatable bonds is 3. The molecule has 0 spiro atoms. The maximum atomic E-state index is 14.5. The van der Waals surface area contributed by atoms with Crippen LogP contribution in [0, 0.1) is 5.92 Å². The second-order valence-corrected chi connectivity index (χ2v) is 7.80. The van der Waals surface area contributed by atoms with Crippen LogP contribution < -0.4 is 10.2 Å². The molecular formula is C18H24F4N2O. The van der Waals surface area contributed by atoms with Crippen molar-refractivity contribution in [1.29, 1.82) is 0 Å². The molecule has 1 aliphatic carbocycles. The van der Waals surface area contributed by atoms with Gasteiger partial charge in [-0.15, -0.1) is 0 Å². The van der Waals surface area contributed by atoms with Gasteiger partial charge in [0, 0.05) is 12.5 Å². The second kappa shape index (κ2) is 6.34. The molecule has 3 rings (SSSR count). The van der Waals surface area contributed by atoms with Gasteiger partial charge in [0.2, 0.25) is 0 Å². The Morgan fingerprint density at radius 2 is 1.96 bits per heavy atom. The van der Waals surface area contributed by atoms with Crippen molar-refractivity contribution in [2.45, 2.75) is 57.0 Å². The number of hydrogen-bond acceptors (Lipinski definition) is 3. The second-order valence-electron chi connectivity index (χ2n) is 7.80. The van der Waals surface area contributed by atoms with Gasteiger partial charge in [0.25, 0.3) is 0 Å². The number of benzene rings is 1. The molecule has 0 radical (unpaired) electrons. The fourth-order valence-corrected chi connectivity index (χ4v) is 3.85. The van der Waals surface area contributed by atoms with E-state index in [4.69, 9.17) is 0 Å². The first-order chi connectivity index (χ1) is 11.5. The SMILES string of the molecule is CC(C)(O)CN1CNc2ccc(C3CCC(C(F)(F)F)CC3F)cc21. The van der Waals surface area contributed by atoms with E-state index in [9.17, 15) is 22.7 Å². The molecule has 3 nitrogen and oxygen atoms in total. The molecule has 3 atom stereocenters. The smallest absolute Gasteiger partial charge is 0.389 e. The minimum absolute atomic E-state index is 0.0304. The first-order valence-corrected chi connectivity index (χ1v) is 8.60. The number of halogens is 4. The Morgan fingerprint density at radius 3 is 2.56 bits per heavy atom. The Balaban J connectivity index is 1.78. The van der Waals surface area contributed by atoms with Crippen molar-refractivity contribution in [3.8, 4) is 0 Å². The van der Waals surface area contributed by atoms with Gasteiger partial charge in [-0.2, -0.15) is 13.2 Å². The molecule has 0 amide bonds. The van der Waals surface area contributed by atoms with Gasteiger partial charge in [0.1, 0.15) is 6.17 Å².